The molecule has 0 aromatic carbocycles. The Labute approximate surface area is 104 Å². The molecular weight excluding hydrogens is 234 g/mol. The highest BCUT2D eigenvalue weighted by Crippen LogP contribution is 2.30. The maximum atomic E-state index is 7.59. The summed E-state index contributed by atoms with van der Waals surface area (Å²) >= 11 is 1.53. The summed E-state index contributed by atoms with van der Waals surface area (Å²) in [6.45, 7) is 1.85. The van der Waals surface area contributed by atoms with Gasteiger partial charge in [-0.1, -0.05) is 11.8 Å². The lowest BCUT2D eigenvalue weighted by Gasteiger charge is -2.04. The third-order valence-corrected chi connectivity index (χ3v) is 3.47. The number of pyridine rings is 1. The summed E-state index contributed by atoms with van der Waals surface area (Å²) in [5, 5.41) is 12.8. The van der Waals surface area contributed by atoms with E-state index in [1.807, 2.05) is 26.1 Å². The van der Waals surface area contributed by atoms with Gasteiger partial charge in [-0.3, -0.25) is 15.1 Å². The van der Waals surface area contributed by atoms with Crippen LogP contribution in [-0.2, 0) is 7.05 Å². The van der Waals surface area contributed by atoms with Gasteiger partial charge in [0, 0.05) is 24.3 Å². The van der Waals surface area contributed by atoms with E-state index in [-0.39, 0.29) is 5.84 Å². The zero-order valence-corrected chi connectivity index (χ0v) is 10.5. The maximum absolute atomic E-state index is 7.59. The second kappa shape index (κ2) is 4.58. The van der Waals surface area contributed by atoms with Gasteiger partial charge in [-0.05, 0) is 19.1 Å². The molecule has 17 heavy (non-hydrogen) atoms. The average Bonchev–Trinajstić information content (AvgIpc) is 2.55. The Hall–Kier alpha value is -1.82. The minimum Gasteiger partial charge on any atom is -0.384 e. The fourth-order valence-electron chi connectivity index (χ4n) is 1.58. The fourth-order valence-corrected chi connectivity index (χ4v) is 2.60. The van der Waals surface area contributed by atoms with Crippen molar-refractivity contribution in [3.8, 4) is 0 Å². The van der Waals surface area contributed by atoms with E-state index in [9.17, 15) is 0 Å². The van der Waals surface area contributed by atoms with Crippen molar-refractivity contribution < 1.29 is 0 Å². The van der Waals surface area contributed by atoms with Crippen LogP contribution in [0.25, 0.3) is 0 Å². The minimum absolute atomic E-state index is 0.0483. The number of aryl methyl sites for hydroxylation is 2. The van der Waals surface area contributed by atoms with Crippen molar-refractivity contribution >= 4 is 17.6 Å². The SMILES string of the molecule is Cc1nn(C)c(Sc2ccncc2)c1C(=N)N. The lowest BCUT2D eigenvalue weighted by Crippen LogP contribution is -2.13. The van der Waals surface area contributed by atoms with E-state index < -0.39 is 0 Å². The number of aromatic nitrogens is 3. The molecule has 6 heteroatoms. The topological polar surface area (TPSA) is 80.6 Å². The van der Waals surface area contributed by atoms with Gasteiger partial charge in [0.2, 0.25) is 0 Å². The number of nitrogens with one attached hydrogen (secondary N) is 1. The van der Waals surface area contributed by atoms with Crippen LogP contribution in [0.4, 0.5) is 0 Å². The van der Waals surface area contributed by atoms with Gasteiger partial charge in [-0.25, -0.2) is 0 Å². The van der Waals surface area contributed by atoms with E-state index in [2.05, 4.69) is 10.1 Å². The maximum Gasteiger partial charge on any atom is 0.127 e. The van der Waals surface area contributed by atoms with Gasteiger partial charge in [0.1, 0.15) is 10.9 Å². The molecule has 0 aliphatic heterocycles. The lowest BCUT2D eigenvalue weighted by atomic mass is 10.2. The molecule has 5 nitrogen and oxygen atoms in total. The van der Waals surface area contributed by atoms with Crippen LogP contribution in [0.15, 0.2) is 34.4 Å². The van der Waals surface area contributed by atoms with E-state index in [0.29, 0.717) is 5.56 Å². The van der Waals surface area contributed by atoms with Crippen LogP contribution in [0.5, 0.6) is 0 Å². The van der Waals surface area contributed by atoms with E-state index in [4.69, 9.17) is 11.1 Å². The first-order valence-corrected chi connectivity index (χ1v) is 5.87. The van der Waals surface area contributed by atoms with E-state index in [0.717, 1.165) is 15.6 Å². The lowest BCUT2D eigenvalue weighted by molar-refractivity contribution is 0.692. The molecule has 0 unspecified atom stereocenters. The Morgan fingerprint density at radius 2 is 2.06 bits per heavy atom. The summed E-state index contributed by atoms with van der Waals surface area (Å²) in [5.74, 6) is 0.0483. The van der Waals surface area contributed by atoms with E-state index in [1.165, 1.54) is 11.8 Å². The summed E-state index contributed by atoms with van der Waals surface area (Å²) in [6, 6.07) is 3.83. The van der Waals surface area contributed by atoms with Crippen molar-refractivity contribution in [3.63, 3.8) is 0 Å². The monoisotopic (exact) mass is 247 g/mol. The Bertz CT molecular complexity index is 546. The van der Waals surface area contributed by atoms with Crippen LogP contribution >= 0.6 is 11.8 Å². The highest BCUT2D eigenvalue weighted by Gasteiger charge is 2.16. The predicted octanol–water partition coefficient (Wildman–Crippen LogP) is 1.56. The molecule has 2 heterocycles. The van der Waals surface area contributed by atoms with Crippen LogP contribution in [0.1, 0.15) is 11.3 Å². The van der Waals surface area contributed by atoms with Crippen molar-refractivity contribution in [1.29, 1.82) is 5.41 Å². The summed E-state index contributed by atoms with van der Waals surface area (Å²) in [7, 11) is 1.85. The molecule has 0 aliphatic rings. The highest BCUT2D eigenvalue weighted by molar-refractivity contribution is 7.99. The van der Waals surface area contributed by atoms with Crippen molar-refractivity contribution in [1.82, 2.24) is 14.8 Å². The quantitative estimate of drug-likeness (QED) is 0.637. The molecule has 3 N–H and O–H groups in total. The van der Waals surface area contributed by atoms with Crippen LogP contribution in [-0.4, -0.2) is 20.6 Å². The van der Waals surface area contributed by atoms with Crippen molar-refractivity contribution in [2.24, 2.45) is 12.8 Å². The zero-order valence-electron chi connectivity index (χ0n) is 9.64. The van der Waals surface area contributed by atoms with Crippen LogP contribution < -0.4 is 5.73 Å². The molecule has 0 fully saturated rings. The Morgan fingerprint density at radius 1 is 1.41 bits per heavy atom. The van der Waals surface area contributed by atoms with Gasteiger partial charge in [0.25, 0.3) is 0 Å². The Kier molecular flexibility index (Phi) is 3.14. The van der Waals surface area contributed by atoms with Crippen LogP contribution in [0.3, 0.4) is 0 Å². The number of nitrogen functional groups attached to an aromatic ring is 1. The smallest absolute Gasteiger partial charge is 0.127 e. The number of hydrogen-bond acceptors (Lipinski definition) is 4. The number of hydrogen-bond donors (Lipinski definition) is 2. The molecule has 2 aromatic rings. The minimum atomic E-state index is 0.0483. The highest BCUT2D eigenvalue weighted by atomic mass is 32.2. The first-order valence-electron chi connectivity index (χ1n) is 5.05. The molecule has 0 spiro atoms. The third kappa shape index (κ3) is 2.31. The van der Waals surface area contributed by atoms with Gasteiger partial charge in [-0.2, -0.15) is 5.10 Å². The Balaban J connectivity index is 2.42. The number of rotatable bonds is 3. The fraction of sp³-hybridized carbons (Fsp3) is 0.182. The first kappa shape index (κ1) is 11.7. The van der Waals surface area contributed by atoms with Gasteiger partial charge >= 0.3 is 0 Å². The van der Waals surface area contributed by atoms with Crippen molar-refractivity contribution in [2.75, 3.05) is 0 Å². The Morgan fingerprint density at radius 3 is 2.65 bits per heavy atom. The standard InChI is InChI=1S/C11H13N5S/c1-7-9(10(12)13)11(16(2)15-7)17-8-3-5-14-6-4-8/h3-6H,1-2H3,(H3,12,13). The van der Waals surface area contributed by atoms with Crippen LogP contribution in [0.2, 0.25) is 0 Å². The molecule has 0 saturated carbocycles. The molecule has 0 atom stereocenters. The second-order valence-electron chi connectivity index (χ2n) is 3.59. The third-order valence-electron chi connectivity index (χ3n) is 2.30. The van der Waals surface area contributed by atoms with Gasteiger partial charge in [0.05, 0.1) is 11.3 Å². The van der Waals surface area contributed by atoms with Crippen molar-refractivity contribution in [2.45, 2.75) is 16.8 Å². The molecule has 2 aromatic heterocycles. The normalized spacial score (nSPS) is 10.5. The molecule has 0 aliphatic carbocycles. The van der Waals surface area contributed by atoms with E-state index in [1.54, 1.807) is 17.1 Å². The first-order chi connectivity index (χ1) is 8.09. The number of amidine groups is 1. The molecule has 2 rings (SSSR count). The molecule has 0 saturated heterocycles. The largest absolute Gasteiger partial charge is 0.384 e. The van der Waals surface area contributed by atoms with Crippen LogP contribution in [0, 0.1) is 12.3 Å². The van der Waals surface area contributed by atoms with E-state index >= 15 is 0 Å². The summed E-state index contributed by atoms with van der Waals surface area (Å²) in [6.07, 6.45) is 3.47. The number of nitrogens with zero attached hydrogens (tertiary/aromatic N) is 3. The van der Waals surface area contributed by atoms with Gasteiger partial charge < -0.3 is 5.73 Å². The molecule has 88 valence electrons. The zero-order chi connectivity index (χ0) is 12.4. The molecular formula is C11H13N5S. The summed E-state index contributed by atoms with van der Waals surface area (Å²) in [5.41, 5.74) is 7.06. The molecule has 0 radical (unpaired) electrons. The van der Waals surface area contributed by atoms with Crippen molar-refractivity contribution in [3.05, 3.63) is 35.8 Å². The predicted molar refractivity (Wildman–Crippen MR) is 67.3 cm³/mol. The molecule has 0 amide bonds. The average molecular weight is 247 g/mol. The number of nitrogens with two attached hydrogens (primary N) is 1. The second-order valence-corrected chi connectivity index (χ2v) is 4.65. The summed E-state index contributed by atoms with van der Waals surface area (Å²) in [4.78, 5) is 5.02. The van der Waals surface area contributed by atoms with Gasteiger partial charge in [0.15, 0.2) is 0 Å². The van der Waals surface area contributed by atoms with Gasteiger partial charge in [-0.15, -0.1) is 0 Å². The summed E-state index contributed by atoms with van der Waals surface area (Å²) < 4.78 is 1.75. The molecule has 0 bridgehead atoms.